The molecule has 1 saturated heterocycles. The highest BCUT2D eigenvalue weighted by atomic mass is 16.5. The normalized spacial score (nSPS) is 37.5. The van der Waals surface area contributed by atoms with Crippen LogP contribution in [0.15, 0.2) is 0 Å². The molecule has 0 radical (unpaired) electrons. The van der Waals surface area contributed by atoms with Gasteiger partial charge < -0.3 is 9.84 Å². The molecular formula is C13H25NO2. The fraction of sp³-hybridized carbons (Fsp3) is 1.00. The highest BCUT2D eigenvalue weighted by molar-refractivity contribution is 4.87. The summed E-state index contributed by atoms with van der Waals surface area (Å²) in [7, 11) is 0. The van der Waals surface area contributed by atoms with Crippen molar-refractivity contribution in [3.63, 3.8) is 0 Å². The first-order valence-electron chi connectivity index (χ1n) is 6.81. The molecule has 94 valence electrons. The zero-order chi connectivity index (χ0) is 11.4. The van der Waals surface area contributed by atoms with Crippen LogP contribution in [0.1, 0.15) is 39.0 Å². The molecule has 0 aromatic heterocycles. The molecule has 0 spiro atoms. The molecule has 3 unspecified atom stereocenters. The van der Waals surface area contributed by atoms with Crippen LogP contribution < -0.4 is 0 Å². The highest BCUT2D eigenvalue weighted by Gasteiger charge is 2.33. The SMILES string of the molecule is CCCC1CCC(O)C(N2CCOCC2)C1. The highest BCUT2D eigenvalue weighted by Crippen LogP contribution is 2.31. The summed E-state index contributed by atoms with van der Waals surface area (Å²) in [6.45, 7) is 5.93. The van der Waals surface area contributed by atoms with Gasteiger partial charge in [0.15, 0.2) is 0 Å². The maximum atomic E-state index is 10.1. The van der Waals surface area contributed by atoms with Crippen molar-refractivity contribution < 1.29 is 9.84 Å². The van der Waals surface area contributed by atoms with Gasteiger partial charge in [0, 0.05) is 19.1 Å². The van der Waals surface area contributed by atoms with Crippen molar-refractivity contribution in [3.8, 4) is 0 Å². The maximum Gasteiger partial charge on any atom is 0.0695 e. The minimum Gasteiger partial charge on any atom is -0.391 e. The molecule has 1 aliphatic carbocycles. The molecule has 3 heteroatoms. The first kappa shape index (κ1) is 12.3. The Bertz CT molecular complexity index is 204. The fourth-order valence-corrected chi connectivity index (χ4v) is 3.19. The van der Waals surface area contributed by atoms with Crippen molar-refractivity contribution >= 4 is 0 Å². The lowest BCUT2D eigenvalue weighted by molar-refractivity contribution is -0.0457. The largest absolute Gasteiger partial charge is 0.391 e. The van der Waals surface area contributed by atoms with E-state index in [1.165, 1.54) is 25.7 Å². The lowest BCUT2D eigenvalue weighted by atomic mass is 9.80. The van der Waals surface area contributed by atoms with Gasteiger partial charge in [-0.15, -0.1) is 0 Å². The average Bonchev–Trinajstić information content (AvgIpc) is 2.33. The molecular weight excluding hydrogens is 202 g/mol. The number of hydrogen-bond acceptors (Lipinski definition) is 3. The van der Waals surface area contributed by atoms with E-state index in [2.05, 4.69) is 11.8 Å². The second-order valence-corrected chi connectivity index (χ2v) is 5.25. The Kier molecular flexibility index (Phi) is 4.62. The van der Waals surface area contributed by atoms with E-state index in [1.807, 2.05) is 0 Å². The molecule has 0 bridgehead atoms. The number of rotatable bonds is 3. The topological polar surface area (TPSA) is 32.7 Å². The van der Waals surface area contributed by atoms with E-state index in [9.17, 15) is 5.11 Å². The standard InChI is InChI=1S/C13H25NO2/c1-2-3-11-4-5-13(15)12(10-11)14-6-8-16-9-7-14/h11-13,15H,2-10H2,1H3. The molecule has 3 nitrogen and oxygen atoms in total. The van der Waals surface area contributed by atoms with E-state index < -0.39 is 0 Å². The Morgan fingerprint density at radius 2 is 2.00 bits per heavy atom. The average molecular weight is 227 g/mol. The van der Waals surface area contributed by atoms with Crippen LogP contribution in [0.25, 0.3) is 0 Å². The van der Waals surface area contributed by atoms with Crippen molar-refractivity contribution in [2.24, 2.45) is 5.92 Å². The fourth-order valence-electron chi connectivity index (χ4n) is 3.19. The second-order valence-electron chi connectivity index (χ2n) is 5.25. The van der Waals surface area contributed by atoms with Crippen LogP contribution in [0.4, 0.5) is 0 Å². The minimum absolute atomic E-state index is 0.105. The van der Waals surface area contributed by atoms with Gasteiger partial charge in [0.2, 0.25) is 0 Å². The van der Waals surface area contributed by atoms with Crippen LogP contribution in [-0.4, -0.2) is 48.5 Å². The Hall–Kier alpha value is -0.120. The number of aliphatic hydroxyl groups is 1. The van der Waals surface area contributed by atoms with Crippen molar-refractivity contribution in [2.75, 3.05) is 26.3 Å². The first-order valence-corrected chi connectivity index (χ1v) is 6.81. The third kappa shape index (κ3) is 2.96. The molecule has 2 fully saturated rings. The van der Waals surface area contributed by atoms with Crippen LogP contribution in [0, 0.1) is 5.92 Å². The molecule has 0 aromatic carbocycles. The molecule has 1 heterocycles. The van der Waals surface area contributed by atoms with Crippen LogP contribution in [0.3, 0.4) is 0 Å². The van der Waals surface area contributed by atoms with Gasteiger partial charge >= 0.3 is 0 Å². The zero-order valence-electron chi connectivity index (χ0n) is 10.4. The maximum absolute atomic E-state index is 10.1. The van der Waals surface area contributed by atoms with Crippen LogP contribution in [0.2, 0.25) is 0 Å². The third-order valence-corrected chi connectivity index (χ3v) is 4.10. The van der Waals surface area contributed by atoms with E-state index in [4.69, 9.17) is 4.74 Å². The zero-order valence-corrected chi connectivity index (χ0v) is 10.4. The van der Waals surface area contributed by atoms with Crippen molar-refractivity contribution in [3.05, 3.63) is 0 Å². The summed E-state index contributed by atoms with van der Waals surface area (Å²) in [5.74, 6) is 0.834. The summed E-state index contributed by atoms with van der Waals surface area (Å²) < 4.78 is 5.38. The number of nitrogens with zero attached hydrogens (tertiary/aromatic N) is 1. The number of morpholine rings is 1. The van der Waals surface area contributed by atoms with Crippen molar-refractivity contribution in [1.29, 1.82) is 0 Å². The molecule has 1 N–H and O–H groups in total. The van der Waals surface area contributed by atoms with E-state index in [0.29, 0.717) is 6.04 Å². The van der Waals surface area contributed by atoms with Crippen LogP contribution in [-0.2, 0) is 4.74 Å². The van der Waals surface area contributed by atoms with Crippen molar-refractivity contribution in [1.82, 2.24) is 4.90 Å². The van der Waals surface area contributed by atoms with Gasteiger partial charge in [-0.1, -0.05) is 19.8 Å². The molecule has 3 atom stereocenters. The molecule has 16 heavy (non-hydrogen) atoms. The predicted molar refractivity (Wildman–Crippen MR) is 64.4 cm³/mol. The summed E-state index contributed by atoms with van der Waals surface area (Å²) >= 11 is 0. The van der Waals surface area contributed by atoms with E-state index >= 15 is 0 Å². The summed E-state index contributed by atoms with van der Waals surface area (Å²) in [4.78, 5) is 2.44. The second kappa shape index (κ2) is 5.99. The lowest BCUT2D eigenvalue weighted by Crippen LogP contribution is -2.51. The van der Waals surface area contributed by atoms with Gasteiger partial charge in [-0.05, 0) is 25.2 Å². The van der Waals surface area contributed by atoms with Gasteiger partial charge in [0.05, 0.1) is 19.3 Å². The van der Waals surface area contributed by atoms with Gasteiger partial charge in [-0.25, -0.2) is 0 Å². The summed E-state index contributed by atoms with van der Waals surface area (Å²) in [6, 6.07) is 0.397. The Morgan fingerprint density at radius 3 is 2.69 bits per heavy atom. The van der Waals surface area contributed by atoms with Gasteiger partial charge in [0.1, 0.15) is 0 Å². The number of hydrogen-bond donors (Lipinski definition) is 1. The van der Waals surface area contributed by atoms with Crippen LogP contribution >= 0.6 is 0 Å². The molecule has 2 rings (SSSR count). The predicted octanol–water partition coefficient (Wildman–Crippen LogP) is 1.65. The molecule has 1 aliphatic heterocycles. The summed E-state index contributed by atoms with van der Waals surface area (Å²) in [5, 5.41) is 10.1. The number of ether oxygens (including phenoxy) is 1. The summed E-state index contributed by atoms with van der Waals surface area (Å²) in [5.41, 5.74) is 0. The van der Waals surface area contributed by atoms with Gasteiger partial charge in [-0.3, -0.25) is 4.90 Å². The van der Waals surface area contributed by atoms with Gasteiger partial charge in [-0.2, -0.15) is 0 Å². The van der Waals surface area contributed by atoms with E-state index in [-0.39, 0.29) is 6.10 Å². The first-order chi connectivity index (χ1) is 7.81. The number of aliphatic hydroxyl groups excluding tert-OH is 1. The molecule has 2 aliphatic rings. The minimum atomic E-state index is -0.105. The van der Waals surface area contributed by atoms with Crippen molar-refractivity contribution in [2.45, 2.75) is 51.2 Å². The summed E-state index contributed by atoms with van der Waals surface area (Å²) in [6.07, 6.45) is 5.90. The Morgan fingerprint density at radius 1 is 1.25 bits per heavy atom. The van der Waals surface area contributed by atoms with Crippen LogP contribution in [0.5, 0.6) is 0 Å². The van der Waals surface area contributed by atoms with E-state index in [1.54, 1.807) is 0 Å². The third-order valence-electron chi connectivity index (χ3n) is 4.10. The molecule has 1 saturated carbocycles. The lowest BCUT2D eigenvalue weighted by Gasteiger charge is -2.42. The smallest absolute Gasteiger partial charge is 0.0695 e. The molecule has 0 amide bonds. The van der Waals surface area contributed by atoms with Gasteiger partial charge in [0.25, 0.3) is 0 Å². The monoisotopic (exact) mass is 227 g/mol. The quantitative estimate of drug-likeness (QED) is 0.795. The molecule has 0 aromatic rings. The van der Waals surface area contributed by atoms with E-state index in [0.717, 1.165) is 38.6 Å². The Labute approximate surface area is 98.8 Å². The Balaban J connectivity index is 1.89.